The molecule has 0 aliphatic heterocycles. The van der Waals surface area contributed by atoms with Gasteiger partial charge in [-0.15, -0.1) is 0 Å². The third-order valence-electron chi connectivity index (χ3n) is 0.214. The van der Waals surface area contributed by atoms with E-state index in [0.29, 0.717) is 0 Å². The van der Waals surface area contributed by atoms with Crippen molar-refractivity contribution in [1.29, 1.82) is 0 Å². The lowest BCUT2D eigenvalue weighted by molar-refractivity contribution is 0.627. The summed E-state index contributed by atoms with van der Waals surface area (Å²) in [4.78, 5) is 0. The maximum absolute atomic E-state index is 9.48. The first-order valence-corrected chi connectivity index (χ1v) is 2.50. The first kappa shape index (κ1) is 5.65. The van der Waals surface area contributed by atoms with Crippen molar-refractivity contribution in [2.45, 2.75) is 0 Å². The number of rotatable bonds is 1. The molecule has 0 aromatic rings. The van der Waals surface area contributed by atoms with Crippen molar-refractivity contribution in [3.05, 3.63) is 0 Å². The highest BCUT2D eigenvalue weighted by Gasteiger charge is 1.57. The average molecular weight is 107 g/mol. The summed E-state index contributed by atoms with van der Waals surface area (Å²) in [5, 5.41) is 2.33. The summed E-state index contributed by atoms with van der Waals surface area (Å²) in [6, 6.07) is 0. The smallest absolute Gasteiger partial charge is 0.224 e. The van der Waals surface area contributed by atoms with Crippen LogP contribution in [0.4, 0.5) is 0 Å². The van der Waals surface area contributed by atoms with Gasteiger partial charge in [0.25, 0.3) is 0 Å². The number of nitrogens with one attached hydrogen (secondary N) is 1. The summed E-state index contributed by atoms with van der Waals surface area (Å²) in [5.41, 5.74) is 0.958. The maximum Gasteiger partial charge on any atom is 0.224 e. The molecule has 0 radical (unpaired) electrons. The van der Waals surface area contributed by atoms with Gasteiger partial charge in [0.15, 0.2) is 0 Å². The molecule has 0 amide bonds. The lowest BCUT2D eigenvalue weighted by Crippen LogP contribution is -2.00. The second kappa shape index (κ2) is 2.87. The minimum atomic E-state index is -2.05. The fraction of sp³-hybridized carbons (Fsp3) is 0.500. The lowest BCUT2D eigenvalue weighted by atomic mass is 11.3. The van der Waals surface area contributed by atoms with Crippen LogP contribution in [-0.2, 0) is 10.3 Å². The summed E-state index contributed by atoms with van der Waals surface area (Å²) in [6.45, 7) is 0. The number of hydrogen-bond acceptors (Lipinski definition) is 2. The zero-order valence-corrected chi connectivity index (χ0v) is 4.12. The standard InChI is InChI=1S/C2H5NO2S/c1-3-2-6(4)5/h2-3H,1H3. The van der Waals surface area contributed by atoms with Crippen LogP contribution in [0.3, 0.4) is 0 Å². The Labute approximate surface area is 37.5 Å². The van der Waals surface area contributed by atoms with Crippen LogP contribution >= 0.6 is 0 Å². The van der Waals surface area contributed by atoms with Gasteiger partial charge in [-0.25, -0.2) is 0 Å². The van der Waals surface area contributed by atoms with Crippen LogP contribution in [0.15, 0.2) is 0 Å². The Morgan fingerprint density at radius 3 is 2.17 bits per heavy atom. The van der Waals surface area contributed by atoms with Crippen LogP contribution in [0.25, 0.3) is 0 Å². The second-order valence-corrected chi connectivity index (χ2v) is 1.42. The van der Waals surface area contributed by atoms with Crippen molar-refractivity contribution in [3.8, 4) is 0 Å². The largest absolute Gasteiger partial charge is 0.285 e. The molecular formula is C2H5NO2S. The van der Waals surface area contributed by atoms with E-state index < -0.39 is 10.3 Å². The van der Waals surface area contributed by atoms with Crippen LogP contribution in [0, 0.1) is 0 Å². The second-order valence-electron chi connectivity index (χ2n) is 0.667. The van der Waals surface area contributed by atoms with E-state index in [0.717, 1.165) is 5.49 Å². The number of hydrogen-bond donors (Lipinski definition) is 1. The Kier molecular flexibility index (Phi) is 2.70. The van der Waals surface area contributed by atoms with Crippen LogP contribution in [0.2, 0.25) is 0 Å². The summed E-state index contributed by atoms with van der Waals surface area (Å²) in [6.07, 6.45) is 0. The van der Waals surface area contributed by atoms with E-state index in [1.54, 1.807) is 0 Å². The molecule has 0 rings (SSSR count). The van der Waals surface area contributed by atoms with Crippen molar-refractivity contribution in [3.63, 3.8) is 0 Å². The van der Waals surface area contributed by atoms with Gasteiger partial charge in [0.1, 0.15) is 0 Å². The summed E-state index contributed by atoms with van der Waals surface area (Å²) in [7, 11) is -0.528. The van der Waals surface area contributed by atoms with Crippen LogP contribution in [0.5, 0.6) is 0 Å². The third kappa shape index (κ3) is 3.65. The Bertz CT molecular complexity index is 126. The summed E-state index contributed by atoms with van der Waals surface area (Å²) < 4.78 is 19.0. The molecule has 6 heavy (non-hydrogen) atoms. The molecule has 0 saturated carbocycles. The first-order valence-electron chi connectivity index (χ1n) is 1.36. The fourth-order valence-corrected chi connectivity index (χ4v) is 0.289. The third-order valence-corrected chi connectivity index (χ3v) is 0.642. The van der Waals surface area contributed by atoms with E-state index in [1.807, 2.05) is 0 Å². The first-order chi connectivity index (χ1) is 2.77. The summed E-state index contributed by atoms with van der Waals surface area (Å²) >= 11 is 0. The molecule has 0 aliphatic carbocycles. The van der Waals surface area contributed by atoms with Crippen molar-refractivity contribution in [1.82, 2.24) is 5.32 Å². The monoisotopic (exact) mass is 107 g/mol. The van der Waals surface area contributed by atoms with Gasteiger partial charge in [0, 0.05) is 0 Å². The van der Waals surface area contributed by atoms with Crippen LogP contribution < -0.4 is 5.32 Å². The topological polar surface area (TPSA) is 46.2 Å². The molecular weight excluding hydrogens is 102 g/mol. The highest BCUT2D eigenvalue weighted by molar-refractivity contribution is 7.71. The highest BCUT2D eigenvalue weighted by atomic mass is 32.2. The van der Waals surface area contributed by atoms with E-state index in [4.69, 9.17) is 0 Å². The molecule has 1 N–H and O–H groups in total. The van der Waals surface area contributed by atoms with Gasteiger partial charge in [-0.2, -0.15) is 8.42 Å². The highest BCUT2D eigenvalue weighted by Crippen LogP contribution is 1.27. The van der Waals surface area contributed by atoms with Gasteiger partial charge in [0.2, 0.25) is 10.3 Å². The fourth-order valence-electron chi connectivity index (χ4n) is 0.0962. The molecule has 0 heterocycles. The molecule has 0 aliphatic rings. The van der Waals surface area contributed by atoms with E-state index in [2.05, 4.69) is 5.32 Å². The van der Waals surface area contributed by atoms with Crippen LogP contribution in [0.1, 0.15) is 0 Å². The van der Waals surface area contributed by atoms with Crippen molar-refractivity contribution in [2.75, 3.05) is 7.05 Å². The minimum Gasteiger partial charge on any atom is -0.285 e. The molecule has 4 heteroatoms. The predicted octanol–water partition coefficient (Wildman–Crippen LogP) is -1.16. The molecule has 0 aromatic carbocycles. The Hall–Kier alpha value is -0.350. The van der Waals surface area contributed by atoms with Crippen molar-refractivity contribution in [2.24, 2.45) is 0 Å². The predicted molar refractivity (Wildman–Crippen MR) is 24.0 cm³/mol. The Morgan fingerprint density at radius 2 is 2.17 bits per heavy atom. The van der Waals surface area contributed by atoms with E-state index in [1.165, 1.54) is 7.05 Å². The van der Waals surface area contributed by atoms with Gasteiger partial charge in [-0.1, -0.05) is 0 Å². The van der Waals surface area contributed by atoms with Gasteiger partial charge in [0.05, 0.1) is 5.49 Å². The van der Waals surface area contributed by atoms with Crippen LogP contribution in [-0.4, -0.2) is 21.0 Å². The molecule has 3 nitrogen and oxygen atoms in total. The molecule has 0 saturated heterocycles. The molecule has 0 aromatic heterocycles. The van der Waals surface area contributed by atoms with Gasteiger partial charge >= 0.3 is 0 Å². The van der Waals surface area contributed by atoms with Gasteiger partial charge < -0.3 is 0 Å². The minimum absolute atomic E-state index is 0.958. The molecule has 0 fully saturated rings. The van der Waals surface area contributed by atoms with Crippen molar-refractivity contribution >= 4 is 15.8 Å². The average Bonchev–Trinajstić information content (AvgIpc) is 1.35. The molecule has 0 spiro atoms. The van der Waals surface area contributed by atoms with E-state index in [9.17, 15) is 8.42 Å². The van der Waals surface area contributed by atoms with Gasteiger partial charge in [-0.3, -0.25) is 5.32 Å². The molecule has 0 unspecified atom stereocenters. The Morgan fingerprint density at radius 1 is 1.67 bits per heavy atom. The van der Waals surface area contributed by atoms with E-state index >= 15 is 0 Å². The molecule has 0 bridgehead atoms. The SMILES string of the molecule is CNC=S(=O)=O. The lowest BCUT2D eigenvalue weighted by Gasteiger charge is -1.65. The Balaban J connectivity index is 3.78. The molecule has 36 valence electrons. The maximum atomic E-state index is 9.48. The molecule has 0 atom stereocenters. The van der Waals surface area contributed by atoms with Crippen molar-refractivity contribution < 1.29 is 8.42 Å². The normalized spacial score (nSPS) is 7.50. The van der Waals surface area contributed by atoms with Gasteiger partial charge in [-0.05, 0) is 7.05 Å². The quantitative estimate of drug-likeness (QED) is 0.430. The van der Waals surface area contributed by atoms with E-state index in [-0.39, 0.29) is 0 Å². The zero-order valence-electron chi connectivity index (χ0n) is 3.30. The zero-order chi connectivity index (χ0) is 4.99. The summed E-state index contributed by atoms with van der Waals surface area (Å²) in [5.74, 6) is 0.